The van der Waals surface area contributed by atoms with Gasteiger partial charge in [-0.15, -0.1) is 0 Å². The van der Waals surface area contributed by atoms with Crippen LogP contribution in [-0.2, 0) is 6.42 Å². The number of aromatic nitrogens is 1. The molecule has 82 valence electrons. The second kappa shape index (κ2) is 4.66. The van der Waals surface area contributed by atoms with E-state index in [4.69, 9.17) is 0 Å². The molecule has 0 spiro atoms. The van der Waals surface area contributed by atoms with Gasteiger partial charge < -0.3 is 10.4 Å². The Bertz CT molecular complexity index is 466. The first kappa shape index (κ1) is 10.5. The normalized spacial score (nSPS) is 10.1. The summed E-state index contributed by atoms with van der Waals surface area (Å²) in [6.07, 6.45) is 2.70. The predicted octanol–water partition coefficient (Wildman–Crippen LogP) is 3.09. The van der Waals surface area contributed by atoms with Gasteiger partial charge in [-0.3, -0.25) is 0 Å². The van der Waals surface area contributed by atoms with Gasteiger partial charge in [0.15, 0.2) is 0 Å². The van der Waals surface area contributed by atoms with Crippen LogP contribution in [0.3, 0.4) is 0 Å². The van der Waals surface area contributed by atoms with Gasteiger partial charge in [0.1, 0.15) is 11.6 Å². The SMILES string of the molecule is CCc1cccnc1Nc1ccc(O)cc1. The zero-order chi connectivity index (χ0) is 11.4. The molecule has 0 fully saturated rings. The predicted molar refractivity (Wildman–Crippen MR) is 65.0 cm³/mol. The van der Waals surface area contributed by atoms with Gasteiger partial charge in [-0.2, -0.15) is 0 Å². The van der Waals surface area contributed by atoms with Crippen molar-refractivity contribution >= 4 is 11.5 Å². The van der Waals surface area contributed by atoms with Gasteiger partial charge in [-0.25, -0.2) is 4.98 Å². The molecule has 0 saturated heterocycles. The third-order valence-electron chi connectivity index (χ3n) is 2.40. The topological polar surface area (TPSA) is 45.2 Å². The van der Waals surface area contributed by atoms with E-state index in [1.807, 2.05) is 18.2 Å². The van der Waals surface area contributed by atoms with Crippen molar-refractivity contribution in [2.45, 2.75) is 13.3 Å². The zero-order valence-electron chi connectivity index (χ0n) is 9.14. The van der Waals surface area contributed by atoms with Crippen molar-refractivity contribution in [2.24, 2.45) is 0 Å². The number of rotatable bonds is 3. The van der Waals surface area contributed by atoms with Crippen molar-refractivity contribution < 1.29 is 5.11 Å². The molecule has 1 aromatic heterocycles. The lowest BCUT2D eigenvalue weighted by Gasteiger charge is -2.09. The Labute approximate surface area is 94.8 Å². The standard InChI is InChI=1S/C13H14N2O/c1-2-10-4-3-9-14-13(10)15-11-5-7-12(16)8-6-11/h3-9,16H,2H2,1H3,(H,14,15). The summed E-state index contributed by atoms with van der Waals surface area (Å²) in [5, 5.41) is 12.4. The summed E-state index contributed by atoms with van der Waals surface area (Å²) in [5.41, 5.74) is 2.10. The molecule has 0 saturated carbocycles. The van der Waals surface area contributed by atoms with E-state index in [9.17, 15) is 5.11 Å². The van der Waals surface area contributed by atoms with E-state index in [1.165, 1.54) is 5.56 Å². The summed E-state index contributed by atoms with van der Waals surface area (Å²) >= 11 is 0. The maximum Gasteiger partial charge on any atom is 0.133 e. The molecule has 2 N–H and O–H groups in total. The van der Waals surface area contributed by atoms with Gasteiger partial charge in [-0.1, -0.05) is 13.0 Å². The molecule has 0 unspecified atom stereocenters. The average Bonchev–Trinajstić information content (AvgIpc) is 2.33. The number of pyridine rings is 1. The Morgan fingerprint density at radius 1 is 1.19 bits per heavy atom. The van der Waals surface area contributed by atoms with Crippen LogP contribution in [0.25, 0.3) is 0 Å². The Balaban J connectivity index is 2.23. The summed E-state index contributed by atoms with van der Waals surface area (Å²) in [6.45, 7) is 2.10. The van der Waals surface area contributed by atoms with Gasteiger partial charge in [0.05, 0.1) is 0 Å². The van der Waals surface area contributed by atoms with Crippen LogP contribution in [0.2, 0.25) is 0 Å². The minimum Gasteiger partial charge on any atom is -0.508 e. The third-order valence-corrected chi connectivity index (χ3v) is 2.40. The summed E-state index contributed by atoms with van der Waals surface area (Å²) in [5.74, 6) is 1.14. The van der Waals surface area contributed by atoms with Gasteiger partial charge in [-0.05, 0) is 42.3 Å². The van der Waals surface area contributed by atoms with E-state index in [0.29, 0.717) is 0 Å². The quantitative estimate of drug-likeness (QED) is 0.772. The maximum atomic E-state index is 9.18. The summed E-state index contributed by atoms with van der Waals surface area (Å²) in [6, 6.07) is 10.9. The van der Waals surface area contributed by atoms with Crippen LogP contribution in [0.5, 0.6) is 5.75 Å². The van der Waals surface area contributed by atoms with Crippen LogP contribution in [0, 0.1) is 0 Å². The number of aromatic hydroxyl groups is 1. The first-order valence-corrected chi connectivity index (χ1v) is 5.29. The number of benzene rings is 1. The second-order valence-electron chi connectivity index (χ2n) is 3.54. The molecule has 0 bridgehead atoms. The number of phenolic OH excluding ortho intramolecular Hbond substituents is 1. The minimum atomic E-state index is 0.266. The molecule has 2 rings (SSSR count). The van der Waals surface area contributed by atoms with Gasteiger partial charge in [0.25, 0.3) is 0 Å². The fourth-order valence-corrected chi connectivity index (χ4v) is 1.52. The highest BCUT2D eigenvalue weighted by Crippen LogP contribution is 2.20. The molecular formula is C13H14N2O. The number of hydrogen-bond acceptors (Lipinski definition) is 3. The smallest absolute Gasteiger partial charge is 0.133 e. The maximum absolute atomic E-state index is 9.18. The van der Waals surface area contributed by atoms with Crippen LogP contribution >= 0.6 is 0 Å². The van der Waals surface area contributed by atoms with E-state index in [-0.39, 0.29) is 5.75 Å². The summed E-state index contributed by atoms with van der Waals surface area (Å²) in [7, 11) is 0. The Morgan fingerprint density at radius 2 is 1.94 bits per heavy atom. The van der Waals surface area contributed by atoms with Crippen molar-refractivity contribution in [1.82, 2.24) is 4.98 Å². The fraction of sp³-hybridized carbons (Fsp3) is 0.154. The molecular weight excluding hydrogens is 200 g/mol. The molecule has 3 heteroatoms. The van der Waals surface area contributed by atoms with Gasteiger partial charge in [0.2, 0.25) is 0 Å². The third kappa shape index (κ3) is 2.31. The lowest BCUT2D eigenvalue weighted by molar-refractivity contribution is 0.475. The Morgan fingerprint density at radius 3 is 2.62 bits per heavy atom. The molecule has 16 heavy (non-hydrogen) atoms. The van der Waals surface area contributed by atoms with Crippen LogP contribution in [0.1, 0.15) is 12.5 Å². The molecule has 3 nitrogen and oxygen atoms in total. The van der Waals surface area contributed by atoms with E-state index in [2.05, 4.69) is 23.3 Å². The van der Waals surface area contributed by atoms with Crippen LogP contribution in [-0.4, -0.2) is 10.1 Å². The van der Waals surface area contributed by atoms with E-state index >= 15 is 0 Å². The first-order valence-electron chi connectivity index (χ1n) is 5.29. The molecule has 1 aromatic carbocycles. The average molecular weight is 214 g/mol. The highest BCUT2D eigenvalue weighted by molar-refractivity contribution is 5.59. The molecule has 0 aliphatic rings. The van der Waals surface area contributed by atoms with Crippen molar-refractivity contribution in [1.29, 1.82) is 0 Å². The van der Waals surface area contributed by atoms with Crippen LogP contribution in [0.15, 0.2) is 42.6 Å². The highest BCUT2D eigenvalue weighted by atomic mass is 16.3. The van der Waals surface area contributed by atoms with E-state index in [0.717, 1.165) is 17.9 Å². The lowest BCUT2D eigenvalue weighted by Crippen LogP contribution is -1.97. The Hall–Kier alpha value is -2.03. The molecule has 0 amide bonds. The molecule has 0 aliphatic heterocycles. The molecule has 0 atom stereocenters. The monoisotopic (exact) mass is 214 g/mol. The number of nitrogens with zero attached hydrogens (tertiary/aromatic N) is 1. The van der Waals surface area contributed by atoms with Crippen molar-refractivity contribution in [2.75, 3.05) is 5.32 Å². The van der Waals surface area contributed by atoms with Crippen LogP contribution < -0.4 is 5.32 Å². The highest BCUT2D eigenvalue weighted by Gasteiger charge is 2.01. The van der Waals surface area contributed by atoms with E-state index in [1.54, 1.807) is 18.3 Å². The lowest BCUT2D eigenvalue weighted by atomic mass is 10.2. The Kier molecular flexibility index (Phi) is 3.05. The zero-order valence-corrected chi connectivity index (χ0v) is 9.14. The molecule has 0 aliphatic carbocycles. The van der Waals surface area contributed by atoms with Crippen molar-refractivity contribution in [3.8, 4) is 5.75 Å². The van der Waals surface area contributed by atoms with Gasteiger partial charge >= 0.3 is 0 Å². The first-order chi connectivity index (χ1) is 7.79. The largest absolute Gasteiger partial charge is 0.508 e. The number of anilines is 2. The number of phenols is 1. The number of aryl methyl sites for hydroxylation is 1. The van der Waals surface area contributed by atoms with Gasteiger partial charge in [0, 0.05) is 11.9 Å². The molecule has 0 radical (unpaired) electrons. The molecule has 1 heterocycles. The van der Waals surface area contributed by atoms with E-state index < -0.39 is 0 Å². The molecule has 2 aromatic rings. The van der Waals surface area contributed by atoms with Crippen LogP contribution in [0.4, 0.5) is 11.5 Å². The fourth-order valence-electron chi connectivity index (χ4n) is 1.52. The van der Waals surface area contributed by atoms with Crippen molar-refractivity contribution in [3.05, 3.63) is 48.2 Å². The number of hydrogen-bond donors (Lipinski definition) is 2. The number of nitrogens with one attached hydrogen (secondary N) is 1. The summed E-state index contributed by atoms with van der Waals surface area (Å²) < 4.78 is 0. The van der Waals surface area contributed by atoms with Crippen molar-refractivity contribution in [3.63, 3.8) is 0 Å². The minimum absolute atomic E-state index is 0.266. The summed E-state index contributed by atoms with van der Waals surface area (Å²) in [4.78, 5) is 4.29. The second-order valence-corrected chi connectivity index (χ2v) is 3.54.